The van der Waals surface area contributed by atoms with Gasteiger partial charge in [-0.3, -0.25) is 9.59 Å². The second-order valence-electron chi connectivity index (χ2n) is 5.42. The number of nitrogens with zero attached hydrogens (tertiary/aromatic N) is 3. The summed E-state index contributed by atoms with van der Waals surface area (Å²) in [4.78, 5) is 26.3. The molecule has 1 saturated heterocycles. The molecule has 1 atom stereocenters. The van der Waals surface area contributed by atoms with Crippen molar-refractivity contribution in [2.45, 2.75) is 19.8 Å². The number of ether oxygens (including phenoxy) is 1. The SMILES string of the molecule is CCc1nnc(NC(=O)C2CC(=O)N(c3ccccc3OC)C2)s1. The summed E-state index contributed by atoms with van der Waals surface area (Å²) in [5.74, 6) is -0.106. The van der Waals surface area contributed by atoms with Crippen molar-refractivity contribution in [1.29, 1.82) is 0 Å². The maximum Gasteiger partial charge on any atom is 0.231 e. The Hall–Kier alpha value is -2.48. The first-order valence-corrected chi connectivity index (χ1v) is 8.50. The van der Waals surface area contributed by atoms with E-state index in [1.54, 1.807) is 18.1 Å². The molecule has 7 nitrogen and oxygen atoms in total. The number of aromatic nitrogens is 2. The Morgan fingerprint density at radius 2 is 2.21 bits per heavy atom. The van der Waals surface area contributed by atoms with Crippen molar-refractivity contribution in [1.82, 2.24) is 10.2 Å². The standard InChI is InChI=1S/C16H18N4O3S/c1-3-13-18-19-16(24-13)17-15(22)10-8-14(21)20(9-10)11-6-4-5-7-12(11)23-2/h4-7,10H,3,8-9H2,1-2H3,(H,17,19,22). The number of methoxy groups -OCH3 is 1. The fourth-order valence-corrected chi connectivity index (χ4v) is 3.31. The predicted octanol–water partition coefficient (Wildman–Crippen LogP) is 2.10. The molecule has 1 aromatic carbocycles. The van der Waals surface area contributed by atoms with Crippen LogP contribution in [0.1, 0.15) is 18.4 Å². The quantitative estimate of drug-likeness (QED) is 0.896. The topological polar surface area (TPSA) is 84.4 Å². The number of rotatable bonds is 5. The first-order chi connectivity index (χ1) is 11.6. The van der Waals surface area contributed by atoms with Crippen molar-refractivity contribution in [2.24, 2.45) is 5.92 Å². The summed E-state index contributed by atoms with van der Waals surface area (Å²) in [5.41, 5.74) is 0.685. The van der Waals surface area contributed by atoms with Crippen LogP contribution in [0.5, 0.6) is 5.75 Å². The second kappa shape index (κ2) is 6.96. The van der Waals surface area contributed by atoms with Gasteiger partial charge in [0.15, 0.2) is 0 Å². The van der Waals surface area contributed by atoms with Crippen molar-refractivity contribution in [3.05, 3.63) is 29.3 Å². The van der Waals surface area contributed by atoms with Crippen LogP contribution in [0.15, 0.2) is 24.3 Å². The molecule has 0 radical (unpaired) electrons. The van der Waals surface area contributed by atoms with Crippen LogP contribution in [-0.4, -0.2) is 35.7 Å². The highest BCUT2D eigenvalue weighted by atomic mass is 32.1. The van der Waals surface area contributed by atoms with E-state index in [0.717, 1.165) is 11.4 Å². The van der Waals surface area contributed by atoms with E-state index in [-0.39, 0.29) is 18.2 Å². The molecule has 1 fully saturated rings. The van der Waals surface area contributed by atoms with Crippen LogP contribution in [0, 0.1) is 5.92 Å². The lowest BCUT2D eigenvalue weighted by Gasteiger charge is -2.19. The zero-order valence-electron chi connectivity index (χ0n) is 13.5. The van der Waals surface area contributed by atoms with Gasteiger partial charge in [-0.2, -0.15) is 0 Å². The number of para-hydroxylation sites is 2. The molecule has 0 saturated carbocycles. The fraction of sp³-hybridized carbons (Fsp3) is 0.375. The lowest BCUT2D eigenvalue weighted by atomic mass is 10.1. The first kappa shape index (κ1) is 16.4. The van der Waals surface area contributed by atoms with Gasteiger partial charge in [-0.05, 0) is 18.6 Å². The molecule has 1 N–H and O–H groups in total. The van der Waals surface area contributed by atoms with E-state index >= 15 is 0 Å². The predicted molar refractivity (Wildman–Crippen MR) is 91.4 cm³/mol. The maximum atomic E-state index is 12.4. The average Bonchev–Trinajstić information content (AvgIpc) is 3.21. The molecule has 1 aromatic heterocycles. The summed E-state index contributed by atoms with van der Waals surface area (Å²) >= 11 is 1.35. The number of hydrogen-bond donors (Lipinski definition) is 1. The number of benzene rings is 1. The summed E-state index contributed by atoms with van der Waals surface area (Å²) in [5, 5.41) is 12.0. The van der Waals surface area contributed by atoms with Gasteiger partial charge in [0.25, 0.3) is 0 Å². The molecule has 0 bridgehead atoms. The molecule has 24 heavy (non-hydrogen) atoms. The molecule has 3 rings (SSSR count). The van der Waals surface area contributed by atoms with E-state index in [4.69, 9.17) is 4.74 Å². The molecule has 2 aromatic rings. The second-order valence-corrected chi connectivity index (χ2v) is 6.48. The van der Waals surface area contributed by atoms with E-state index in [1.165, 1.54) is 11.3 Å². The van der Waals surface area contributed by atoms with Gasteiger partial charge in [0, 0.05) is 13.0 Å². The molecule has 1 aliphatic heterocycles. The van der Waals surface area contributed by atoms with Crippen molar-refractivity contribution >= 4 is 34.0 Å². The molecule has 126 valence electrons. The third-order valence-electron chi connectivity index (χ3n) is 3.87. The number of amides is 2. The van der Waals surface area contributed by atoms with E-state index < -0.39 is 5.92 Å². The van der Waals surface area contributed by atoms with Gasteiger partial charge >= 0.3 is 0 Å². The van der Waals surface area contributed by atoms with Gasteiger partial charge in [-0.1, -0.05) is 30.4 Å². The van der Waals surface area contributed by atoms with Crippen LogP contribution in [0.25, 0.3) is 0 Å². The van der Waals surface area contributed by atoms with Crippen LogP contribution in [0.4, 0.5) is 10.8 Å². The van der Waals surface area contributed by atoms with Crippen molar-refractivity contribution in [2.75, 3.05) is 23.9 Å². The van der Waals surface area contributed by atoms with Gasteiger partial charge < -0.3 is 15.0 Å². The minimum Gasteiger partial charge on any atom is -0.495 e. The van der Waals surface area contributed by atoms with Gasteiger partial charge in [0.05, 0.1) is 18.7 Å². The number of hydrogen-bond acceptors (Lipinski definition) is 6. The molecule has 2 heterocycles. The van der Waals surface area contributed by atoms with Gasteiger partial charge in [-0.15, -0.1) is 10.2 Å². The van der Waals surface area contributed by atoms with E-state index in [0.29, 0.717) is 23.1 Å². The third-order valence-corrected chi connectivity index (χ3v) is 4.85. The summed E-state index contributed by atoms with van der Waals surface area (Å²) in [7, 11) is 1.56. The lowest BCUT2D eigenvalue weighted by Crippen LogP contribution is -2.28. The van der Waals surface area contributed by atoms with E-state index in [9.17, 15) is 9.59 Å². The molecule has 1 aliphatic rings. The molecule has 1 unspecified atom stereocenters. The van der Waals surface area contributed by atoms with E-state index in [1.807, 2.05) is 25.1 Å². The summed E-state index contributed by atoms with van der Waals surface area (Å²) in [6.07, 6.45) is 0.945. The first-order valence-electron chi connectivity index (χ1n) is 7.69. The van der Waals surface area contributed by atoms with Crippen LogP contribution < -0.4 is 15.0 Å². The van der Waals surface area contributed by atoms with Crippen molar-refractivity contribution in [3.8, 4) is 5.75 Å². The molecule has 0 spiro atoms. The highest BCUT2D eigenvalue weighted by Gasteiger charge is 2.36. The molecular formula is C16H18N4O3S. The highest BCUT2D eigenvalue weighted by Crippen LogP contribution is 2.33. The maximum absolute atomic E-state index is 12.4. The van der Waals surface area contributed by atoms with E-state index in [2.05, 4.69) is 15.5 Å². The number of nitrogens with one attached hydrogen (secondary N) is 1. The van der Waals surface area contributed by atoms with Crippen LogP contribution in [-0.2, 0) is 16.0 Å². The van der Waals surface area contributed by atoms with Gasteiger partial charge in [0.2, 0.25) is 16.9 Å². The van der Waals surface area contributed by atoms with Crippen LogP contribution in [0.2, 0.25) is 0 Å². The molecule has 8 heteroatoms. The Morgan fingerprint density at radius 3 is 2.92 bits per heavy atom. The Morgan fingerprint density at radius 1 is 1.42 bits per heavy atom. The largest absolute Gasteiger partial charge is 0.495 e. The average molecular weight is 346 g/mol. The Balaban J connectivity index is 1.71. The fourth-order valence-electron chi connectivity index (χ4n) is 2.62. The summed E-state index contributed by atoms with van der Waals surface area (Å²) in [6.45, 7) is 2.30. The monoisotopic (exact) mass is 346 g/mol. The Bertz CT molecular complexity index is 761. The number of anilines is 2. The minimum absolute atomic E-state index is 0.0915. The van der Waals surface area contributed by atoms with Crippen LogP contribution >= 0.6 is 11.3 Å². The molecular weight excluding hydrogens is 328 g/mol. The Kier molecular flexibility index (Phi) is 4.75. The van der Waals surface area contributed by atoms with Crippen molar-refractivity contribution < 1.29 is 14.3 Å². The number of aryl methyl sites for hydroxylation is 1. The zero-order chi connectivity index (χ0) is 17.1. The summed E-state index contributed by atoms with van der Waals surface area (Å²) < 4.78 is 5.30. The zero-order valence-corrected chi connectivity index (χ0v) is 14.3. The van der Waals surface area contributed by atoms with Crippen LogP contribution in [0.3, 0.4) is 0 Å². The molecule has 0 aliphatic carbocycles. The van der Waals surface area contributed by atoms with Gasteiger partial charge in [-0.25, -0.2) is 0 Å². The third kappa shape index (κ3) is 3.23. The molecule has 2 amide bonds. The number of carbonyl (C=O) groups excluding carboxylic acids is 2. The summed E-state index contributed by atoms with van der Waals surface area (Å²) in [6, 6.07) is 7.29. The highest BCUT2D eigenvalue weighted by molar-refractivity contribution is 7.15. The normalized spacial score (nSPS) is 17.2. The Labute approximate surface area is 143 Å². The smallest absolute Gasteiger partial charge is 0.231 e. The minimum atomic E-state index is -0.420. The lowest BCUT2D eigenvalue weighted by molar-refractivity contribution is -0.122. The van der Waals surface area contributed by atoms with Crippen molar-refractivity contribution in [3.63, 3.8) is 0 Å². The van der Waals surface area contributed by atoms with Gasteiger partial charge in [0.1, 0.15) is 10.8 Å². The number of carbonyl (C=O) groups is 2.